The fraction of sp³-hybridized carbons (Fsp3) is 0.743. The van der Waals surface area contributed by atoms with Gasteiger partial charge in [0.1, 0.15) is 17.8 Å². The molecule has 0 radical (unpaired) electrons. The standard InChI is InChI=1S/C35H50O18/c1-16(2)24-11-12-35(10,27(13-24)46-18(4)37)53-34-32(51-23(9)42)30(49-21(7)40)28(47-19(5)38)26(52-34)15-44-33-31(50-22(8)41)29(48-20(6)39)25(14-43-33)45-17(3)36/h25-34H,11-15H2,1-10H3. The van der Waals surface area contributed by atoms with Gasteiger partial charge >= 0.3 is 41.8 Å². The number of rotatable bonds is 12. The van der Waals surface area contributed by atoms with E-state index in [1.807, 2.05) is 13.8 Å². The first-order valence-electron chi connectivity index (χ1n) is 17.1. The summed E-state index contributed by atoms with van der Waals surface area (Å²) in [6.45, 7) is 12.6. The number of carbonyl (C=O) groups excluding carboxylic acids is 7. The van der Waals surface area contributed by atoms with Crippen LogP contribution >= 0.6 is 0 Å². The maximum atomic E-state index is 12.5. The van der Waals surface area contributed by atoms with Gasteiger partial charge in [-0.2, -0.15) is 0 Å². The van der Waals surface area contributed by atoms with E-state index in [1.54, 1.807) is 6.92 Å². The second-order valence-electron chi connectivity index (χ2n) is 13.4. The van der Waals surface area contributed by atoms with Crippen molar-refractivity contribution >= 4 is 41.8 Å². The summed E-state index contributed by atoms with van der Waals surface area (Å²) in [7, 11) is 0. The number of esters is 7. The monoisotopic (exact) mass is 758 g/mol. The highest BCUT2D eigenvalue weighted by molar-refractivity contribution is 5.69. The Morgan fingerprint density at radius 1 is 0.604 bits per heavy atom. The molecule has 0 aromatic carbocycles. The third-order valence-corrected chi connectivity index (χ3v) is 8.66. The molecule has 11 unspecified atom stereocenters. The molecule has 53 heavy (non-hydrogen) atoms. The number of carbonyl (C=O) groups is 7. The number of ether oxygens (including phenoxy) is 11. The maximum absolute atomic E-state index is 12.5. The van der Waals surface area contributed by atoms with Gasteiger partial charge in [-0.25, -0.2) is 0 Å². The summed E-state index contributed by atoms with van der Waals surface area (Å²) in [4.78, 5) is 85.6. The predicted molar refractivity (Wildman–Crippen MR) is 175 cm³/mol. The summed E-state index contributed by atoms with van der Waals surface area (Å²) < 4.78 is 63.2. The van der Waals surface area contributed by atoms with E-state index in [1.165, 1.54) is 6.92 Å². The van der Waals surface area contributed by atoms with Gasteiger partial charge in [-0.1, -0.05) is 11.1 Å². The second kappa shape index (κ2) is 18.8. The van der Waals surface area contributed by atoms with Crippen molar-refractivity contribution in [1.29, 1.82) is 0 Å². The van der Waals surface area contributed by atoms with Gasteiger partial charge in [0.15, 0.2) is 49.2 Å². The average molecular weight is 759 g/mol. The lowest BCUT2D eigenvalue weighted by molar-refractivity contribution is -0.348. The molecule has 2 aliphatic heterocycles. The Kier molecular flexibility index (Phi) is 15.3. The first kappa shape index (κ1) is 43.3. The van der Waals surface area contributed by atoms with Crippen LogP contribution in [-0.2, 0) is 85.7 Å². The second-order valence-corrected chi connectivity index (χ2v) is 13.4. The smallest absolute Gasteiger partial charge is 0.303 e. The van der Waals surface area contributed by atoms with Gasteiger partial charge in [0, 0.05) is 54.9 Å². The molecule has 1 saturated carbocycles. The molecule has 18 heteroatoms. The quantitative estimate of drug-likeness (QED) is 0.158. The maximum Gasteiger partial charge on any atom is 0.303 e. The summed E-state index contributed by atoms with van der Waals surface area (Å²) >= 11 is 0. The number of hydrogen-bond acceptors (Lipinski definition) is 18. The lowest BCUT2D eigenvalue weighted by Gasteiger charge is -2.49. The Balaban J connectivity index is 2.05. The van der Waals surface area contributed by atoms with Gasteiger partial charge in [0.05, 0.1) is 13.2 Å². The zero-order chi connectivity index (χ0) is 39.8. The summed E-state index contributed by atoms with van der Waals surface area (Å²) in [6.07, 6.45) is -12.4. The van der Waals surface area contributed by atoms with Crippen molar-refractivity contribution in [2.24, 2.45) is 0 Å². The zero-order valence-corrected chi connectivity index (χ0v) is 31.7. The van der Waals surface area contributed by atoms with Crippen molar-refractivity contribution in [3.05, 3.63) is 11.1 Å². The van der Waals surface area contributed by atoms with Crippen molar-refractivity contribution in [3.63, 3.8) is 0 Å². The average Bonchev–Trinajstić information content (AvgIpc) is 3.01. The first-order valence-corrected chi connectivity index (χ1v) is 17.1. The highest BCUT2D eigenvalue weighted by atomic mass is 16.8. The molecule has 0 aromatic heterocycles. The predicted octanol–water partition coefficient (Wildman–Crippen LogP) is 1.90. The Labute approximate surface area is 307 Å². The van der Waals surface area contributed by atoms with Crippen LogP contribution in [0.25, 0.3) is 0 Å². The Morgan fingerprint density at radius 2 is 1.08 bits per heavy atom. The third kappa shape index (κ3) is 12.2. The van der Waals surface area contributed by atoms with Gasteiger partial charge < -0.3 is 52.1 Å². The zero-order valence-electron chi connectivity index (χ0n) is 31.7. The van der Waals surface area contributed by atoms with E-state index in [9.17, 15) is 33.6 Å². The van der Waals surface area contributed by atoms with Crippen LogP contribution in [-0.4, -0.2) is 122 Å². The van der Waals surface area contributed by atoms with E-state index in [0.29, 0.717) is 19.3 Å². The molecule has 3 rings (SSSR count). The van der Waals surface area contributed by atoms with Crippen molar-refractivity contribution < 1.29 is 85.7 Å². The molecular formula is C35H50O18. The first-order chi connectivity index (χ1) is 24.7. The highest BCUT2D eigenvalue weighted by Gasteiger charge is 2.56. The van der Waals surface area contributed by atoms with Crippen LogP contribution in [0, 0.1) is 0 Å². The molecule has 0 bridgehead atoms. The SMILES string of the molecule is CC(=O)OC1COC(OCC2OC(OC3(C)CCC(=C(C)C)CC3OC(C)=O)C(OC(C)=O)C(OC(C)=O)C2OC(C)=O)C(OC(C)=O)C1OC(C)=O. The van der Waals surface area contributed by atoms with Gasteiger partial charge in [-0.3, -0.25) is 33.6 Å². The normalized spacial score (nSPS) is 32.7. The molecule has 0 N–H and O–H groups in total. The highest BCUT2D eigenvalue weighted by Crippen LogP contribution is 2.41. The topological polar surface area (TPSA) is 221 Å². The van der Waals surface area contributed by atoms with Crippen LogP contribution in [0.3, 0.4) is 0 Å². The van der Waals surface area contributed by atoms with E-state index >= 15 is 0 Å². The van der Waals surface area contributed by atoms with Gasteiger partial charge in [0.2, 0.25) is 0 Å². The summed E-state index contributed by atoms with van der Waals surface area (Å²) in [5, 5.41) is 0. The number of hydrogen-bond donors (Lipinski definition) is 0. The minimum absolute atomic E-state index is 0.339. The molecule has 11 atom stereocenters. The van der Waals surface area contributed by atoms with E-state index in [0.717, 1.165) is 52.7 Å². The van der Waals surface area contributed by atoms with Gasteiger partial charge in [-0.15, -0.1) is 0 Å². The molecule has 0 amide bonds. The molecule has 2 saturated heterocycles. The molecular weight excluding hydrogens is 708 g/mol. The van der Waals surface area contributed by atoms with E-state index in [2.05, 4.69) is 0 Å². The largest absolute Gasteiger partial charge is 0.459 e. The van der Waals surface area contributed by atoms with Gasteiger partial charge in [0.25, 0.3) is 0 Å². The third-order valence-electron chi connectivity index (χ3n) is 8.66. The van der Waals surface area contributed by atoms with Crippen LogP contribution in [0.15, 0.2) is 11.1 Å². The van der Waals surface area contributed by atoms with Crippen molar-refractivity contribution in [1.82, 2.24) is 0 Å². The van der Waals surface area contributed by atoms with E-state index in [-0.39, 0.29) is 6.61 Å². The fourth-order valence-electron chi connectivity index (χ4n) is 6.45. The Morgan fingerprint density at radius 3 is 1.58 bits per heavy atom. The summed E-state index contributed by atoms with van der Waals surface area (Å²) in [5.74, 6) is -5.33. The minimum Gasteiger partial charge on any atom is -0.459 e. The molecule has 2 heterocycles. The molecule has 3 aliphatic rings. The fourth-order valence-corrected chi connectivity index (χ4v) is 6.45. The van der Waals surface area contributed by atoms with Crippen LogP contribution in [0.4, 0.5) is 0 Å². The van der Waals surface area contributed by atoms with Crippen molar-refractivity contribution in [3.8, 4) is 0 Å². The minimum atomic E-state index is -1.53. The molecule has 1 aliphatic carbocycles. The molecule has 18 nitrogen and oxygen atoms in total. The van der Waals surface area contributed by atoms with E-state index in [4.69, 9.17) is 52.1 Å². The van der Waals surface area contributed by atoms with Crippen molar-refractivity contribution in [2.75, 3.05) is 13.2 Å². The molecule has 0 spiro atoms. The Hall–Kier alpha value is -4.13. The molecule has 3 fully saturated rings. The van der Waals surface area contributed by atoms with Crippen LogP contribution in [0.1, 0.15) is 88.5 Å². The van der Waals surface area contributed by atoms with Crippen molar-refractivity contribution in [2.45, 2.75) is 156 Å². The summed E-state index contributed by atoms with van der Waals surface area (Å²) in [6, 6.07) is 0. The summed E-state index contributed by atoms with van der Waals surface area (Å²) in [5.41, 5.74) is 0.888. The molecule has 298 valence electrons. The lowest BCUT2D eigenvalue weighted by atomic mass is 9.79. The van der Waals surface area contributed by atoms with E-state index < -0.39 is 115 Å². The van der Waals surface area contributed by atoms with Crippen LogP contribution < -0.4 is 0 Å². The van der Waals surface area contributed by atoms with Crippen LogP contribution in [0.5, 0.6) is 0 Å². The van der Waals surface area contributed by atoms with Gasteiger partial charge in [-0.05, 0) is 33.6 Å². The molecule has 0 aromatic rings. The lowest BCUT2D eigenvalue weighted by Crippen LogP contribution is -2.65. The Bertz CT molecular complexity index is 1420. The number of allylic oxidation sites excluding steroid dienone is 1. The van der Waals surface area contributed by atoms with Crippen LogP contribution in [0.2, 0.25) is 0 Å².